The van der Waals surface area contributed by atoms with Gasteiger partial charge in [-0.2, -0.15) is 0 Å². The Morgan fingerprint density at radius 2 is 2.05 bits per heavy atom. The average molecular weight is 305 g/mol. The molecule has 4 heteroatoms. The average Bonchev–Trinajstić information content (AvgIpc) is 2.99. The highest BCUT2D eigenvalue weighted by atomic mass is 35.5. The van der Waals surface area contributed by atoms with Crippen LogP contribution < -0.4 is 10.2 Å². The standard InChI is InChI=1S/C17H21ClN2O/c1-11-8-14(11)17-7-5-13(21-17)10-19-12-4-6-16(20(2)3)15(18)9-12/h4-7,9,11,14,19H,8,10H2,1-3H3. The van der Waals surface area contributed by atoms with Gasteiger partial charge >= 0.3 is 0 Å². The van der Waals surface area contributed by atoms with Gasteiger partial charge in [0.15, 0.2) is 0 Å². The number of hydrogen-bond donors (Lipinski definition) is 1. The van der Waals surface area contributed by atoms with E-state index in [1.807, 2.05) is 37.2 Å². The molecular formula is C17H21ClN2O. The summed E-state index contributed by atoms with van der Waals surface area (Å²) in [7, 11) is 3.97. The maximum Gasteiger partial charge on any atom is 0.123 e. The van der Waals surface area contributed by atoms with Crippen LogP contribution in [0.2, 0.25) is 5.02 Å². The molecule has 1 aliphatic carbocycles. The summed E-state index contributed by atoms with van der Waals surface area (Å²) < 4.78 is 5.89. The molecule has 1 fully saturated rings. The van der Waals surface area contributed by atoms with Crippen LogP contribution >= 0.6 is 11.6 Å². The zero-order valence-corrected chi connectivity index (χ0v) is 13.4. The summed E-state index contributed by atoms with van der Waals surface area (Å²) in [5, 5.41) is 4.10. The van der Waals surface area contributed by atoms with E-state index < -0.39 is 0 Å². The first-order valence-electron chi connectivity index (χ1n) is 7.34. The molecule has 112 valence electrons. The van der Waals surface area contributed by atoms with E-state index in [-0.39, 0.29) is 0 Å². The fraction of sp³-hybridized carbons (Fsp3) is 0.412. The van der Waals surface area contributed by atoms with Crippen molar-refractivity contribution in [2.45, 2.75) is 25.8 Å². The second kappa shape index (κ2) is 5.64. The lowest BCUT2D eigenvalue weighted by molar-refractivity contribution is 0.468. The lowest BCUT2D eigenvalue weighted by atomic mass is 10.2. The quantitative estimate of drug-likeness (QED) is 0.865. The first-order chi connectivity index (χ1) is 10.0. The van der Waals surface area contributed by atoms with Gasteiger partial charge in [-0.3, -0.25) is 0 Å². The van der Waals surface area contributed by atoms with E-state index in [2.05, 4.69) is 24.4 Å². The molecule has 0 amide bonds. The van der Waals surface area contributed by atoms with Crippen molar-refractivity contribution in [2.24, 2.45) is 5.92 Å². The molecule has 0 aliphatic heterocycles. The van der Waals surface area contributed by atoms with Crippen LogP contribution in [0.15, 0.2) is 34.7 Å². The van der Waals surface area contributed by atoms with E-state index in [4.69, 9.17) is 16.0 Å². The molecule has 1 heterocycles. The van der Waals surface area contributed by atoms with Gasteiger partial charge in [-0.1, -0.05) is 18.5 Å². The van der Waals surface area contributed by atoms with Crippen LogP contribution in [-0.4, -0.2) is 14.1 Å². The Balaban J connectivity index is 1.62. The lowest BCUT2D eigenvalue weighted by Crippen LogP contribution is -2.09. The highest BCUT2D eigenvalue weighted by molar-refractivity contribution is 6.33. The van der Waals surface area contributed by atoms with Gasteiger partial charge in [-0.15, -0.1) is 0 Å². The van der Waals surface area contributed by atoms with E-state index in [0.29, 0.717) is 12.5 Å². The molecule has 1 aliphatic rings. The molecule has 0 bridgehead atoms. The molecule has 2 aromatic rings. The van der Waals surface area contributed by atoms with Crippen LogP contribution in [0.5, 0.6) is 0 Å². The predicted molar refractivity (Wildman–Crippen MR) is 88.3 cm³/mol. The number of halogens is 1. The van der Waals surface area contributed by atoms with Crippen molar-refractivity contribution < 1.29 is 4.42 Å². The number of furan rings is 1. The summed E-state index contributed by atoms with van der Waals surface area (Å²) in [4.78, 5) is 2.00. The van der Waals surface area contributed by atoms with Gasteiger partial charge in [0.1, 0.15) is 11.5 Å². The molecule has 0 radical (unpaired) electrons. The molecule has 1 aromatic carbocycles. The molecule has 0 spiro atoms. The zero-order valence-electron chi connectivity index (χ0n) is 12.7. The fourth-order valence-corrected chi connectivity index (χ4v) is 2.93. The molecule has 3 rings (SSSR count). The van der Waals surface area contributed by atoms with Crippen LogP contribution in [0.4, 0.5) is 11.4 Å². The number of rotatable bonds is 5. The van der Waals surface area contributed by atoms with Crippen LogP contribution in [0.3, 0.4) is 0 Å². The minimum absolute atomic E-state index is 0.632. The number of anilines is 2. The minimum atomic E-state index is 0.632. The molecule has 3 nitrogen and oxygen atoms in total. The summed E-state index contributed by atoms with van der Waals surface area (Å²) in [5.41, 5.74) is 2.02. The monoisotopic (exact) mass is 304 g/mol. The second-order valence-electron chi connectivity index (χ2n) is 6.04. The van der Waals surface area contributed by atoms with Crippen LogP contribution in [0.1, 0.15) is 30.8 Å². The second-order valence-corrected chi connectivity index (χ2v) is 6.44. The van der Waals surface area contributed by atoms with Gasteiger partial charge in [0.2, 0.25) is 0 Å². The van der Waals surface area contributed by atoms with Crippen molar-refractivity contribution in [1.82, 2.24) is 0 Å². The van der Waals surface area contributed by atoms with Crippen molar-refractivity contribution in [2.75, 3.05) is 24.3 Å². The maximum atomic E-state index is 6.27. The summed E-state index contributed by atoms with van der Waals surface area (Å²) in [6.07, 6.45) is 1.25. The Kier molecular flexibility index (Phi) is 3.85. The fourth-order valence-electron chi connectivity index (χ4n) is 2.58. The van der Waals surface area contributed by atoms with Crippen LogP contribution in [0.25, 0.3) is 0 Å². The zero-order chi connectivity index (χ0) is 15.0. The van der Waals surface area contributed by atoms with Crippen molar-refractivity contribution in [3.05, 3.63) is 46.9 Å². The summed E-state index contributed by atoms with van der Waals surface area (Å²) in [6.45, 7) is 2.94. The third-order valence-corrected chi connectivity index (χ3v) is 4.36. The lowest BCUT2D eigenvalue weighted by Gasteiger charge is -2.15. The van der Waals surface area contributed by atoms with Gasteiger partial charge in [0, 0.05) is 25.7 Å². The molecule has 0 saturated heterocycles. The normalized spacial score (nSPS) is 20.4. The van der Waals surface area contributed by atoms with Crippen molar-refractivity contribution in [3.63, 3.8) is 0 Å². The first-order valence-corrected chi connectivity index (χ1v) is 7.71. The van der Waals surface area contributed by atoms with E-state index in [1.54, 1.807) is 0 Å². The third kappa shape index (κ3) is 3.18. The minimum Gasteiger partial charge on any atom is -0.464 e. The number of nitrogens with one attached hydrogen (secondary N) is 1. The molecule has 2 atom stereocenters. The summed E-state index contributed by atoms with van der Waals surface area (Å²) in [5.74, 6) is 3.50. The van der Waals surface area contributed by atoms with E-state index in [0.717, 1.165) is 33.8 Å². The molecule has 1 aromatic heterocycles. The highest BCUT2D eigenvalue weighted by Gasteiger charge is 2.36. The number of nitrogens with zero attached hydrogens (tertiary/aromatic N) is 1. The van der Waals surface area contributed by atoms with Gasteiger partial charge in [0.25, 0.3) is 0 Å². The van der Waals surface area contributed by atoms with Crippen LogP contribution in [-0.2, 0) is 6.54 Å². The Labute approximate surface area is 130 Å². The molecule has 21 heavy (non-hydrogen) atoms. The largest absolute Gasteiger partial charge is 0.464 e. The SMILES string of the molecule is CC1CC1c1ccc(CNc2ccc(N(C)C)c(Cl)c2)o1. The van der Waals surface area contributed by atoms with Gasteiger partial charge in [-0.05, 0) is 42.7 Å². The number of hydrogen-bond acceptors (Lipinski definition) is 3. The van der Waals surface area contributed by atoms with E-state index in [9.17, 15) is 0 Å². The van der Waals surface area contributed by atoms with Crippen molar-refractivity contribution in [1.29, 1.82) is 0 Å². The Hall–Kier alpha value is -1.61. The van der Waals surface area contributed by atoms with Gasteiger partial charge < -0.3 is 14.6 Å². The van der Waals surface area contributed by atoms with Gasteiger partial charge in [-0.25, -0.2) is 0 Å². The van der Waals surface area contributed by atoms with Crippen molar-refractivity contribution in [3.8, 4) is 0 Å². The van der Waals surface area contributed by atoms with E-state index in [1.165, 1.54) is 6.42 Å². The Morgan fingerprint density at radius 3 is 2.67 bits per heavy atom. The molecular weight excluding hydrogens is 284 g/mol. The van der Waals surface area contributed by atoms with Gasteiger partial charge in [0.05, 0.1) is 17.3 Å². The van der Waals surface area contributed by atoms with Crippen LogP contribution in [0, 0.1) is 5.92 Å². The summed E-state index contributed by atoms with van der Waals surface area (Å²) >= 11 is 6.27. The highest BCUT2D eigenvalue weighted by Crippen LogP contribution is 2.47. The van der Waals surface area contributed by atoms with E-state index >= 15 is 0 Å². The maximum absolute atomic E-state index is 6.27. The molecule has 1 N–H and O–H groups in total. The smallest absolute Gasteiger partial charge is 0.123 e. The van der Waals surface area contributed by atoms with Crippen molar-refractivity contribution >= 4 is 23.0 Å². The first kappa shape index (κ1) is 14.3. The Bertz CT molecular complexity index is 635. The third-order valence-electron chi connectivity index (χ3n) is 4.05. The Morgan fingerprint density at radius 1 is 1.29 bits per heavy atom. The number of benzene rings is 1. The molecule has 1 saturated carbocycles. The molecule has 2 unspecified atom stereocenters. The summed E-state index contributed by atoms with van der Waals surface area (Å²) in [6, 6.07) is 10.2. The topological polar surface area (TPSA) is 28.4 Å². The predicted octanol–water partition coefficient (Wildman–Crippen LogP) is 4.73.